The third kappa shape index (κ3) is 12.9. The van der Waals surface area contributed by atoms with Crippen LogP contribution in [-0.4, -0.2) is 124 Å². The lowest BCUT2D eigenvalue weighted by atomic mass is 9.99. The molecule has 0 saturated carbocycles. The van der Waals surface area contributed by atoms with Crippen LogP contribution in [0.4, 0.5) is 0 Å². The molecule has 8 rings (SSSR count). The molecule has 4 aromatic heterocycles. The van der Waals surface area contributed by atoms with Gasteiger partial charge >= 0.3 is 0 Å². The summed E-state index contributed by atoms with van der Waals surface area (Å²) in [5, 5.41) is 52.8. The van der Waals surface area contributed by atoms with Crippen molar-refractivity contribution in [3.63, 3.8) is 0 Å². The summed E-state index contributed by atoms with van der Waals surface area (Å²) in [6, 6.07) is 37.4. The van der Waals surface area contributed by atoms with E-state index in [4.69, 9.17) is 37.9 Å². The first-order valence-electron chi connectivity index (χ1n) is 25.2. The number of benzene rings is 4. The van der Waals surface area contributed by atoms with Crippen molar-refractivity contribution in [2.24, 2.45) is 0 Å². The topological polar surface area (TPSA) is 324 Å². The van der Waals surface area contributed by atoms with E-state index >= 15 is 0 Å². The van der Waals surface area contributed by atoms with E-state index < -0.39 is 53.9 Å². The average Bonchev–Trinajstić information content (AvgIpc) is 2.50. The van der Waals surface area contributed by atoms with Gasteiger partial charge in [0.2, 0.25) is 11.8 Å². The van der Waals surface area contributed by atoms with Crippen molar-refractivity contribution in [2.45, 2.75) is 48.1 Å². The van der Waals surface area contributed by atoms with Crippen LogP contribution in [-0.2, 0) is 40.7 Å². The standard InChI is InChI=1S/2C29H28N6O6S/c2*1-18(28(41-5)21-13-12-19(15-30)14-20(21)16-31)42(36,37)17-25-33-34-29(22-8-6-11-26(32-22)40-4)35(25)27-23(38-2)9-7-10-24(27)39-3/h2*6-14,18,28H,17H2,1-5H3/t2*18-,28+/m10/s1. The molecule has 0 bridgehead atoms. The molecule has 432 valence electrons. The van der Waals surface area contributed by atoms with Crippen LogP contribution in [0.1, 0.15) is 71.1 Å². The van der Waals surface area contributed by atoms with Gasteiger partial charge in [0, 0.05) is 26.4 Å². The summed E-state index contributed by atoms with van der Waals surface area (Å²) in [6.45, 7) is 3.00. The van der Waals surface area contributed by atoms with Crippen LogP contribution in [0.15, 0.2) is 109 Å². The predicted octanol–water partition coefficient (Wildman–Crippen LogP) is 7.58. The normalized spacial score (nSPS) is 12.5. The van der Waals surface area contributed by atoms with E-state index in [1.165, 1.54) is 116 Å². The Morgan fingerprint density at radius 3 is 1.10 bits per heavy atom. The maximum Gasteiger partial charge on any atom is 0.213 e. The molecule has 0 aliphatic heterocycles. The van der Waals surface area contributed by atoms with E-state index in [-0.39, 0.29) is 45.6 Å². The van der Waals surface area contributed by atoms with Crippen molar-refractivity contribution in [3.8, 4) is 93.4 Å². The van der Waals surface area contributed by atoms with Crippen LogP contribution in [0.2, 0.25) is 0 Å². The van der Waals surface area contributed by atoms with Gasteiger partial charge in [-0.05, 0) is 85.6 Å². The van der Waals surface area contributed by atoms with Crippen LogP contribution >= 0.6 is 0 Å². The molecule has 0 radical (unpaired) electrons. The van der Waals surface area contributed by atoms with Crippen molar-refractivity contribution < 1.29 is 54.7 Å². The molecule has 0 N–H and O–H groups in total. The van der Waals surface area contributed by atoms with Gasteiger partial charge in [-0.25, -0.2) is 26.8 Å². The number of rotatable bonds is 22. The number of sulfone groups is 2. The molecule has 0 spiro atoms. The highest BCUT2D eigenvalue weighted by molar-refractivity contribution is 7.91. The third-order valence-corrected chi connectivity index (χ3v) is 17.5. The molecule has 0 aliphatic rings. The van der Waals surface area contributed by atoms with Gasteiger partial charge in [0.05, 0.1) is 112 Å². The van der Waals surface area contributed by atoms with Crippen LogP contribution in [0.25, 0.3) is 34.4 Å². The van der Waals surface area contributed by atoms with Gasteiger partial charge in [-0.15, -0.1) is 20.4 Å². The van der Waals surface area contributed by atoms with E-state index in [0.29, 0.717) is 68.6 Å². The molecule has 4 heterocycles. The second-order valence-corrected chi connectivity index (χ2v) is 22.8. The number of methoxy groups -OCH3 is 8. The first-order valence-corrected chi connectivity index (χ1v) is 28.6. The molecule has 4 atom stereocenters. The Morgan fingerprint density at radius 2 is 0.798 bits per heavy atom. The Bertz CT molecular complexity index is 3800. The summed E-state index contributed by atoms with van der Waals surface area (Å²) in [4.78, 5) is 8.94. The summed E-state index contributed by atoms with van der Waals surface area (Å²) in [5.41, 5.74) is 3.06. The number of nitrogens with zero attached hydrogens (tertiary/aromatic N) is 12. The molecular formula is C58H56N12O12S2. The zero-order valence-electron chi connectivity index (χ0n) is 47.2. The van der Waals surface area contributed by atoms with Gasteiger partial charge < -0.3 is 37.9 Å². The Kier molecular flexibility index (Phi) is 20.0. The van der Waals surface area contributed by atoms with Crippen molar-refractivity contribution >= 4 is 19.7 Å². The van der Waals surface area contributed by atoms with E-state index in [0.717, 1.165) is 0 Å². The van der Waals surface area contributed by atoms with Gasteiger partial charge in [0.15, 0.2) is 43.0 Å². The maximum atomic E-state index is 13.9. The van der Waals surface area contributed by atoms with E-state index in [9.17, 15) is 37.9 Å². The van der Waals surface area contributed by atoms with Gasteiger partial charge in [-0.2, -0.15) is 21.0 Å². The quantitative estimate of drug-likeness (QED) is 0.0631. The zero-order valence-corrected chi connectivity index (χ0v) is 48.8. The third-order valence-electron chi connectivity index (χ3n) is 13.4. The van der Waals surface area contributed by atoms with Crippen molar-refractivity contribution in [3.05, 3.63) is 154 Å². The van der Waals surface area contributed by atoms with Gasteiger partial charge in [-0.1, -0.05) is 36.4 Å². The largest absolute Gasteiger partial charge is 0.494 e. The molecule has 0 fully saturated rings. The molecule has 24 nitrogen and oxygen atoms in total. The van der Waals surface area contributed by atoms with E-state index in [1.54, 1.807) is 72.8 Å². The number of nitriles is 4. The molecule has 26 heteroatoms. The SMILES string of the molecule is COc1cccc(-c2nnc(CS(=O)(=O)[C@@H](C)[C@@H](OC)c3ccc(C#N)cc3C#N)n2-c2c(OC)cccc2OC)n1.COc1cccc(-c2nnc(CS(=O)(=O)[C@H](C)[C@H](OC)c3ccc(C#N)cc3C#N)n2-c2c(OC)cccc2OC)n1. The fourth-order valence-electron chi connectivity index (χ4n) is 9.12. The van der Waals surface area contributed by atoms with Crippen LogP contribution in [0, 0.1) is 45.3 Å². The van der Waals surface area contributed by atoms with Gasteiger partial charge in [0.25, 0.3) is 0 Å². The minimum atomic E-state index is -4.01. The fourth-order valence-corrected chi connectivity index (χ4v) is 12.0. The highest BCUT2D eigenvalue weighted by Gasteiger charge is 2.37. The monoisotopic (exact) mass is 1180 g/mol. The van der Waals surface area contributed by atoms with E-state index in [1.807, 2.05) is 24.3 Å². The molecule has 0 aliphatic carbocycles. The first-order chi connectivity index (χ1) is 40.4. The highest BCUT2D eigenvalue weighted by atomic mass is 32.2. The molecule has 8 aromatic rings. The first kappa shape index (κ1) is 61.7. The Labute approximate surface area is 485 Å². The Morgan fingerprint density at radius 1 is 0.452 bits per heavy atom. The fraction of sp³-hybridized carbons (Fsp3) is 0.276. The van der Waals surface area contributed by atoms with Gasteiger partial charge in [-0.3, -0.25) is 9.13 Å². The lowest BCUT2D eigenvalue weighted by molar-refractivity contribution is 0.102. The Balaban J connectivity index is 0.000000241. The molecule has 4 aromatic carbocycles. The number of ether oxygens (including phenoxy) is 8. The second-order valence-electron chi connectivity index (χ2n) is 18.1. The highest BCUT2D eigenvalue weighted by Crippen LogP contribution is 2.40. The van der Waals surface area contributed by atoms with Crippen molar-refractivity contribution in [2.75, 3.05) is 56.9 Å². The number of pyridine rings is 2. The molecular weight excluding hydrogens is 1120 g/mol. The summed E-state index contributed by atoms with van der Waals surface area (Å²) >= 11 is 0. The molecule has 0 unspecified atom stereocenters. The maximum absolute atomic E-state index is 13.9. The summed E-state index contributed by atoms with van der Waals surface area (Å²) in [6.07, 6.45) is -2.01. The molecule has 84 heavy (non-hydrogen) atoms. The van der Waals surface area contributed by atoms with Crippen molar-refractivity contribution in [1.82, 2.24) is 39.5 Å². The van der Waals surface area contributed by atoms with Gasteiger partial charge in [0.1, 0.15) is 57.3 Å². The smallest absolute Gasteiger partial charge is 0.213 e. The van der Waals surface area contributed by atoms with Crippen molar-refractivity contribution in [1.29, 1.82) is 21.0 Å². The second kappa shape index (κ2) is 27.2. The molecule has 0 saturated heterocycles. The lowest BCUT2D eigenvalue weighted by Crippen LogP contribution is -2.29. The zero-order chi connectivity index (χ0) is 60.9. The number of hydrogen-bond acceptors (Lipinski definition) is 22. The molecule has 0 amide bonds. The summed E-state index contributed by atoms with van der Waals surface area (Å²) in [5.74, 6) is 1.70. The van der Waals surface area contributed by atoms with E-state index in [2.05, 4.69) is 30.4 Å². The number of para-hydroxylation sites is 2. The number of aromatic nitrogens is 8. The van der Waals surface area contributed by atoms with Crippen LogP contribution < -0.4 is 28.4 Å². The van der Waals surface area contributed by atoms with Crippen LogP contribution in [0.5, 0.6) is 34.8 Å². The Hall–Kier alpha value is -9.96. The average molecular weight is 1180 g/mol. The minimum absolute atomic E-state index is 0.0689. The predicted molar refractivity (Wildman–Crippen MR) is 304 cm³/mol. The summed E-state index contributed by atoms with van der Waals surface area (Å²) in [7, 11) is 3.61. The summed E-state index contributed by atoms with van der Waals surface area (Å²) < 4.78 is 103. The minimum Gasteiger partial charge on any atom is -0.494 e. The lowest BCUT2D eigenvalue weighted by Gasteiger charge is -2.24. The van der Waals surface area contributed by atoms with Crippen LogP contribution in [0.3, 0.4) is 0 Å². The number of hydrogen-bond donors (Lipinski definition) is 0.